The molecule has 0 amide bonds. The number of fused-ring (bicyclic) bond motifs is 2. The Labute approximate surface area is 132 Å². The summed E-state index contributed by atoms with van der Waals surface area (Å²) in [5.41, 5.74) is 0.732. The third kappa shape index (κ3) is 2.20. The SMILES string of the molecule is CCOC(=O)[C@@H]1[C@@H]2CCN(c3nc4ncn(C)c4c(=O)[nH]3)C[C@@H]21. The average Bonchev–Trinajstić information content (AvgIpc) is 3.14. The highest BCUT2D eigenvalue weighted by Crippen LogP contribution is 2.52. The molecule has 8 nitrogen and oxygen atoms in total. The normalized spacial score (nSPS) is 26.2. The number of H-pyrrole nitrogens is 1. The molecular formula is C15H19N5O3. The van der Waals surface area contributed by atoms with Crippen molar-refractivity contribution in [3.63, 3.8) is 0 Å². The van der Waals surface area contributed by atoms with E-state index in [9.17, 15) is 9.59 Å². The van der Waals surface area contributed by atoms with Crippen LogP contribution in [0, 0.1) is 17.8 Å². The molecule has 2 aromatic rings. The van der Waals surface area contributed by atoms with E-state index in [0.717, 1.165) is 19.5 Å². The number of nitrogens with zero attached hydrogens (tertiary/aromatic N) is 4. The first-order chi connectivity index (χ1) is 11.1. The van der Waals surface area contributed by atoms with Crippen molar-refractivity contribution in [3.8, 4) is 0 Å². The topological polar surface area (TPSA) is 93.1 Å². The largest absolute Gasteiger partial charge is 0.466 e. The molecule has 1 saturated heterocycles. The number of hydrogen-bond acceptors (Lipinski definition) is 6. The van der Waals surface area contributed by atoms with Crippen LogP contribution in [0.4, 0.5) is 5.95 Å². The highest BCUT2D eigenvalue weighted by Gasteiger charge is 2.57. The van der Waals surface area contributed by atoms with E-state index in [1.165, 1.54) is 0 Å². The highest BCUT2D eigenvalue weighted by atomic mass is 16.5. The molecule has 0 aromatic carbocycles. The Hall–Kier alpha value is -2.38. The maximum Gasteiger partial charge on any atom is 0.309 e. The van der Waals surface area contributed by atoms with Gasteiger partial charge in [-0.3, -0.25) is 14.6 Å². The summed E-state index contributed by atoms with van der Waals surface area (Å²) in [6.45, 7) is 3.74. The number of rotatable bonds is 3. The quantitative estimate of drug-likeness (QED) is 0.818. The second kappa shape index (κ2) is 5.07. The van der Waals surface area contributed by atoms with E-state index < -0.39 is 0 Å². The van der Waals surface area contributed by atoms with Gasteiger partial charge in [0.05, 0.1) is 18.9 Å². The Bertz CT molecular complexity index is 826. The first-order valence-corrected chi connectivity index (χ1v) is 7.93. The number of ether oxygens (including phenoxy) is 1. The van der Waals surface area contributed by atoms with E-state index in [4.69, 9.17) is 4.74 Å². The van der Waals surface area contributed by atoms with Crippen LogP contribution in [0.25, 0.3) is 11.2 Å². The molecule has 1 saturated carbocycles. The first-order valence-electron chi connectivity index (χ1n) is 7.93. The van der Waals surface area contributed by atoms with Crippen molar-refractivity contribution in [2.75, 3.05) is 24.6 Å². The second-order valence-electron chi connectivity index (χ2n) is 6.26. The van der Waals surface area contributed by atoms with Gasteiger partial charge < -0.3 is 14.2 Å². The molecular weight excluding hydrogens is 298 g/mol. The number of aromatic amines is 1. The zero-order valence-corrected chi connectivity index (χ0v) is 13.2. The standard InChI is InChI=1S/C15H19N5O3/c1-3-23-14(22)10-8-4-5-20(6-9(8)10)15-17-12-11(13(21)18-15)19(2)7-16-12/h7-10H,3-6H2,1-2H3,(H,17,18,21)/t8-,9+,10-/m1/s1. The fourth-order valence-corrected chi connectivity index (χ4v) is 3.72. The van der Waals surface area contributed by atoms with Crippen LogP contribution in [-0.2, 0) is 16.6 Å². The Kier molecular flexibility index (Phi) is 3.14. The number of aryl methyl sites for hydroxylation is 1. The van der Waals surface area contributed by atoms with Crippen LogP contribution >= 0.6 is 0 Å². The van der Waals surface area contributed by atoms with Crippen LogP contribution in [0.2, 0.25) is 0 Å². The predicted octanol–water partition coefficient (Wildman–Crippen LogP) is 0.292. The van der Waals surface area contributed by atoms with Gasteiger partial charge in [-0.2, -0.15) is 4.98 Å². The summed E-state index contributed by atoms with van der Waals surface area (Å²) in [5.74, 6) is 1.16. The number of hydrogen-bond donors (Lipinski definition) is 1. The Morgan fingerprint density at radius 3 is 3.09 bits per heavy atom. The molecule has 1 aliphatic heterocycles. The van der Waals surface area contributed by atoms with Crippen LogP contribution in [0.15, 0.2) is 11.1 Å². The zero-order chi connectivity index (χ0) is 16.1. The lowest BCUT2D eigenvalue weighted by molar-refractivity contribution is -0.145. The molecule has 3 heterocycles. The van der Waals surface area contributed by atoms with Crippen molar-refractivity contribution in [1.82, 2.24) is 19.5 Å². The number of carbonyl (C=O) groups excluding carboxylic acids is 1. The van der Waals surface area contributed by atoms with E-state index in [1.807, 2.05) is 11.8 Å². The Morgan fingerprint density at radius 2 is 2.30 bits per heavy atom. The van der Waals surface area contributed by atoms with Crippen LogP contribution in [-0.4, -0.2) is 45.2 Å². The van der Waals surface area contributed by atoms with Gasteiger partial charge in [-0.15, -0.1) is 0 Å². The fourth-order valence-electron chi connectivity index (χ4n) is 3.72. The summed E-state index contributed by atoms with van der Waals surface area (Å²) in [5, 5.41) is 0. The number of nitrogens with one attached hydrogen (secondary N) is 1. The molecule has 2 fully saturated rings. The summed E-state index contributed by atoms with van der Waals surface area (Å²) in [6.07, 6.45) is 2.50. The van der Waals surface area contributed by atoms with Crippen molar-refractivity contribution in [3.05, 3.63) is 16.7 Å². The van der Waals surface area contributed by atoms with Crippen molar-refractivity contribution in [1.29, 1.82) is 0 Å². The average molecular weight is 317 g/mol. The monoisotopic (exact) mass is 317 g/mol. The number of aromatic nitrogens is 4. The molecule has 4 rings (SSSR count). The lowest BCUT2D eigenvalue weighted by Crippen LogP contribution is -2.34. The minimum absolute atomic E-state index is 0.00486. The molecule has 0 unspecified atom stereocenters. The predicted molar refractivity (Wildman–Crippen MR) is 83.1 cm³/mol. The molecule has 0 radical (unpaired) electrons. The molecule has 0 spiro atoms. The molecule has 122 valence electrons. The van der Waals surface area contributed by atoms with Gasteiger partial charge in [0, 0.05) is 20.1 Å². The third-order valence-electron chi connectivity index (χ3n) is 4.92. The van der Waals surface area contributed by atoms with Crippen LogP contribution < -0.4 is 10.5 Å². The Balaban J connectivity index is 1.56. The van der Waals surface area contributed by atoms with E-state index >= 15 is 0 Å². The lowest BCUT2D eigenvalue weighted by atomic mass is 10.1. The number of carbonyl (C=O) groups is 1. The second-order valence-corrected chi connectivity index (χ2v) is 6.26. The maximum absolute atomic E-state index is 12.2. The van der Waals surface area contributed by atoms with Gasteiger partial charge in [-0.1, -0.05) is 0 Å². The van der Waals surface area contributed by atoms with Gasteiger partial charge in [0.1, 0.15) is 0 Å². The molecule has 2 aliphatic rings. The van der Waals surface area contributed by atoms with Crippen molar-refractivity contribution in [2.45, 2.75) is 13.3 Å². The lowest BCUT2D eigenvalue weighted by Gasteiger charge is -2.26. The van der Waals surface area contributed by atoms with Gasteiger partial charge >= 0.3 is 5.97 Å². The Morgan fingerprint density at radius 1 is 1.48 bits per heavy atom. The molecule has 3 atom stereocenters. The molecule has 23 heavy (non-hydrogen) atoms. The maximum atomic E-state index is 12.2. The van der Waals surface area contributed by atoms with E-state index in [2.05, 4.69) is 15.0 Å². The van der Waals surface area contributed by atoms with E-state index in [1.54, 1.807) is 17.9 Å². The van der Waals surface area contributed by atoms with Gasteiger partial charge in [-0.25, -0.2) is 4.98 Å². The summed E-state index contributed by atoms with van der Waals surface area (Å²) >= 11 is 0. The first kappa shape index (κ1) is 14.2. The molecule has 1 N–H and O–H groups in total. The van der Waals surface area contributed by atoms with Crippen LogP contribution in [0.3, 0.4) is 0 Å². The van der Waals surface area contributed by atoms with Crippen LogP contribution in [0.1, 0.15) is 13.3 Å². The molecule has 2 aromatic heterocycles. The minimum Gasteiger partial charge on any atom is -0.466 e. The van der Waals surface area contributed by atoms with Crippen molar-refractivity contribution >= 4 is 23.1 Å². The van der Waals surface area contributed by atoms with Gasteiger partial charge in [0.2, 0.25) is 5.95 Å². The summed E-state index contributed by atoms with van der Waals surface area (Å²) < 4.78 is 6.80. The number of piperidine rings is 1. The van der Waals surface area contributed by atoms with Crippen molar-refractivity contribution < 1.29 is 9.53 Å². The summed E-state index contributed by atoms with van der Waals surface area (Å²) in [4.78, 5) is 37.6. The molecule has 1 aliphatic carbocycles. The van der Waals surface area contributed by atoms with Gasteiger partial charge in [0.15, 0.2) is 11.2 Å². The third-order valence-corrected chi connectivity index (χ3v) is 4.92. The summed E-state index contributed by atoms with van der Waals surface area (Å²) in [6, 6.07) is 0. The summed E-state index contributed by atoms with van der Waals surface area (Å²) in [7, 11) is 1.77. The van der Waals surface area contributed by atoms with Gasteiger partial charge in [-0.05, 0) is 25.2 Å². The van der Waals surface area contributed by atoms with E-state index in [0.29, 0.717) is 35.6 Å². The highest BCUT2D eigenvalue weighted by molar-refractivity contribution is 5.77. The molecule has 8 heteroatoms. The number of imidazole rings is 1. The fraction of sp³-hybridized carbons (Fsp3) is 0.600. The smallest absolute Gasteiger partial charge is 0.309 e. The minimum atomic E-state index is -0.190. The number of esters is 1. The van der Waals surface area contributed by atoms with Crippen LogP contribution in [0.5, 0.6) is 0 Å². The van der Waals surface area contributed by atoms with Crippen molar-refractivity contribution in [2.24, 2.45) is 24.8 Å². The van der Waals surface area contributed by atoms with E-state index in [-0.39, 0.29) is 17.4 Å². The zero-order valence-electron chi connectivity index (χ0n) is 13.2. The van der Waals surface area contributed by atoms with Gasteiger partial charge in [0.25, 0.3) is 5.56 Å². The molecule has 0 bridgehead atoms. The number of anilines is 1.